The Morgan fingerprint density at radius 3 is 2.89 bits per heavy atom. The van der Waals surface area contributed by atoms with Crippen molar-refractivity contribution in [3.63, 3.8) is 0 Å². The van der Waals surface area contributed by atoms with Crippen molar-refractivity contribution in [1.82, 2.24) is 9.78 Å². The monoisotopic (exact) mass is 247 g/mol. The molecule has 0 fully saturated rings. The van der Waals surface area contributed by atoms with Crippen molar-refractivity contribution in [2.24, 2.45) is 7.05 Å². The number of nitrogens with two attached hydrogens (primary N) is 1. The van der Waals surface area contributed by atoms with Crippen LogP contribution in [0.3, 0.4) is 0 Å². The highest BCUT2D eigenvalue weighted by atomic mass is 16.5. The van der Waals surface area contributed by atoms with Crippen molar-refractivity contribution in [1.29, 1.82) is 0 Å². The summed E-state index contributed by atoms with van der Waals surface area (Å²) in [6.07, 6.45) is 1.79. The van der Waals surface area contributed by atoms with Crippen molar-refractivity contribution in [2.75, 3.05) is 5.73 Å². The first-order valence-corrected chi connectivity index (χ1v) is 5.30. The third kappa shape index (κ3) is 2.60. The SMILES string of the molecule is Cn1ccc(COc2cc(N)ccc2C(=O)O)n1. The van der Waals surface area contributed by atoms with E-state index in [4.69, 9.17) is 15.6 Å². The number of rotatable bonds is 4. The normalized spacial score (nSPS) is 10.3. The van der Waals surface area contributed by atoms with Gasteiger partial charge in [-0.05, 0) is 18.2 Å². The Hall–Kier alpha value is -2.50. The second-order valence-electron chi connectivity index (χ2n) is 3.83. The van der Waals surface area contributed by atoms with Crippen LogP contribution in [0.2, 0.25) is 0 Å². The second kappa shape index (κ2) is 4.79. The van der Waals surface area contributed by atoms with Gasteiger partial charge in [0, 0.05) is 25.0 Å². The molecule has 0 aliphatic heterocycles. The summed E-state index contributed by atoms with van der Waals surface area (Å²) in [4.78, 5) is 11.0. The fraction of sp³-hybridized carbons (Fsp3) is 0.167. The number of hydrogen-bond donors (Lipinski definition) is 2. The summed E-state index contributed by atoms with van der Waals surface area (Å²) >= 11 is 0. The molecule has 6 nitrogen and oxygen atoms in total. The fourth-order valence-electron chi connectivity index (χ4n) is 1.53. The number of aryl methyl sites for hydroxylation is 1. The molecule has 1 aromatic heterocycles. The molecule has 0 atom stereocenters. The number of benzene rings is 1. The number of carboxylic acid groups (broad SMARTS) is 1. The molecule has 0 aliphatic rings. The number of ether oxygens (including phenoxy) is 1. The van der Waals surface area contributed by atoms with Gasteiger partial charge in [0.15, 0.2) is 0 Å². The summed E-state index contributed by atoms with van der Waals surface area (Å²) in [6, 6.07) is 6.24. The molecular weight excluding hydrogens is 234 g/mol. The van der Waals surface area contributed by atoms with Crippen molar-refractivity contribution >= 4 is 11.7 Å². The lowest BCUT2D eigenvalue weighted by atomic mass is 10.2. The van der Waals surface area contributed by atoms with Crippen molar-refractivity contribution in [2.45, 2.75) is 6.61 Å². The first-order valence-electron chi connectivity index (χ1n) is 5.30. The minimum Gasteiger partial charge on any atom is -0.486 e. The molecule has 1 aromatic carbocycles. The zero-order valence-corrected chi connectivity index (χ0v) is 9.83. The van der Waals surface area contributed by atoms with Crippen LogP contribution in [0.15, 0.2) is 30.5 Å². The van der Waals surface area contributed by atoms with E-state index in [0.29, 0.717) is 5.69 Å². The summed E-state index contributed by atoms with van der Waals surface area (Å²) in [5.74, 6) is -0.806. The number of aromatic carboxylic acids is 1. The molecular formula is C12H13N3O3. The van der Waals surface area contributed by atoms with E-state index in [0.717, 1.165) is 5.69 Å². The number of aromatic nitrogens is 2. The number of nitrogen functional groups attached to an aromatic ring is 1. The Morgan fingerprint density at radius 2 is 2.28 bits per heavy atom. The first kappa shape index (κ1) is 12.0. The van der Waals surface area contributed by atoms with Crippen LogP contribution < -0.4 is 10.5 Å². The van der Waals surface area contributed by atoms with Crippen molar-refractivity contribution < 1.29 is 14.6 Å². The number of hydrogen-bond acceptors (Lipinski definition) is 4. The maximum absolute atomic E-state index is 11.0. The molecule has 0 bridgehead atoms. The van der Waals surface area contributed by atoms with E-state index in [9.17, 15) is 4.79 Å². The lowest BCUT2D eigenvalue weighted by Crippen LogP contribution is -2.05. The Balaban J connectivity index is 2.17. The largest absolute Gasteiger partial charge is 0.486 e. The smallest absolute Gasteiger partial charge is 0.339 e. The van der Waals surface area contributed by atoms with Gasteiger partial charge in [0.1, 0.15) is 17.9 Å². The zero-order valence-electron chi connectivity index (χ0n) is 9.83. The Kier molecular flexibility index (Phi) is 3.18. The number of carboxylic acids is 1. The van der Waals surface area contributed by atoms with Gasteiger partial charge < -0.3 is 15.6 Å². The van der Waals surface area contributed by atoms with Gasteiger partial charge in [-0.1, -0.05) is 0 Å². The topological polar surface area (TPSA) is 90.4 Å². The molecule has 18 heavy (non-hydrogen) atoms. The molecule has 3 N–H and O–H groups in total. The second-order valence-corrected chi connectivity index (χ2v) is 3.83. The number of nitrogens with zero attached hydrogens (tertiary/aromatic N) is 2. The Labute approximate surface area is 104 Å². The van der Waals surface area contributed by atoms with Gasteiger partial charge in [0.2, 0.25) is 0 Å². The molecule has 1 heterocycles. The summed E-state index contributed by atoms with van der Waals surface area (Å²) in [5, 5.41) is 13.2. The standard InChI is InChI=1S/C12H13N3O3/c1-15-5-4-9(14-15)7-18-11-6-8(13)2-3-10(11)12(16)17/h2-6H,7,13H2,1H3,(H,16,17). The Morgan fingerprint density at radius 1 is 1.50 bits per heavy atom. The molecule has 0 saturated carbocycles. The quantitative estimate of drug-likeness (QED) is 0.794. The summed E-state index contributed by atoms with van der Waals surface area (Å²) in [5.41, 5.74) is 6.86. The van der Waals surface area contributed by atoms with E-state index >= 15 is 0 Å². The van der Waals surface area contributed by atoms with E-state index in [1.807, 2.05) is 0 Å². The molecule has 6 heteroatoms. The molecule has 0 radical (unpaired) electrons. The summed E-state index contributed by atoms with van der Waals surface area (Å²) in [7, 11) is 1.80. The van der Waals surface area contributed by atoms with Crippen LogP contribution in [-0.4, -0.2) is 20.9 Å². The van der Waals surface area contributed by atoms with Crippen LogP contribution in [0.25, 0.3) is 0 Å². The van der Waals surface area contributed by atoms with Crippen molar-refractivity contribution in [3.05, 3.63) is 41.7 Å². The molecule has 0 saturated heterocycles. The van der Waals surface area contributed by atoms with E-state index in [-0.39, 0.29) is 17.9 Å². The van der Waals surface area contributed by atoms with Gasteiger partial charge in [0.05, 0.1) is 5.69 Å². The van der Waals surface area contributed by atoms with E-state index in [2.05, 4.69) is 5.10 Å². The molecule has 94 valence electrons. The fourth-order valence-corrected chi connectivity index (χ4v) is 1.53. The third-order valence-electron chi connectivity index (χ3n) is 2.38. The predicted octanol–water partition coefficient (Wildman–Crippen LogP) is 1.28. The maximum Gasteiger partial charge on any atom is 0.339 e. The average Bonchev–Trinajstić information content (AvgIpc) is 2.72. The van der Waals surface area contributed by atoms with Gasteiger partial charge in [-0.15, -0.1) is 0 Å². The highest BCUT2D eigenvalue weighted by molar-refractivity contribution is 5.91. The molecule has 0 aliphatic carbocycles. The molecule has 2 aromatic rings. The first-order chi connectivity index (χ1) is 8.56. The van der Waals surface area contributed by atoms with Crippen molar-refractivity contribution in [3.8, 4) is 5.75 Å². The van der Waals surface area contributed by atoms with Crippen LogP contribution in [-0.2, 0) is 13.7 Å². The summed E-state index contributed by atoms with van der Waals surface area (Å²) < 4.78 is 7.09. The summed E-state index contributed by atoms with van der Waals surface area (Å²) in [6.45, 7) is 0.199. The predicted molar refractivity (Wildman–Crippen MR) is 65.4 cm³/mol. The lowest BCUT2D eigenvalue weighted by molar-refractivity contribution is 0.0691. The highest BCUT2D eigenvalue weighted by Crippen LogP contribution is 2.22. The average molecular weight is 247 g/mol. The maximum atomic E-state index is 11.0. The van der Waals surface area contributed by atoms with Crippen LogP contribution in [0, 0.1) is 0 Å². The van der Waals surface area contributed by atoms with Gasteiger partial charge >= 0.3 is 5.97 Å². The molecule has 0 unspecified atom stereocenters. The molecule has 0 spiro atoms. The van der Waals surface area contributed by atoms with E-state index < -0.39 is 5.97 Å². The minimum absolute atomic E-state index is 0.0835. The lowest BCUT2D eigenvalue weighted by Gasteiger charge is -2.08. The van der Waals surface area contributed by atoms with Gasteiger partial charge in [-0.25, -0.2) is 4.79 Å². The van der Waals surface area contributed by atoms with Gasteiger partial charge in [-0.3, -0.25) is 4.68 Å². The molecule has 0 amide bonds. The van der Waals surface area contributed by atoms with Gasteiger partial charge in [0.25, 0.3) is 0 Å². The van der Waals surface area contributed by atoms with E-state index in [1.54, 1.807) is 24.0 Å². The van der Waals surface area contributed by atoms with Crippen LogP contribution in [0.1, 0.15) is 16.1 Å². The van der Waals surface area contributed by atoms with E-state index in [1.165, 1.54) is 18.2 Å². The molecule has 2 rings (SSSR count). The number of carbonyl (C=O) groups is 1. The van der Waals surface area contributed by atoms with Crippen LogP contribution in [0.4, 0.5) is 5.69 Å². The van der Waals surface area contributed by atoms with Crippen LogP contribution in [0.5, 0.6) is 5.75 Å². The van der Waals surface area contributed by atoms with Crippen LogP contribution >= 0.6 is 0 Å². The zero-order chi connectivity index (χ0) is 13.1. The van der Waals surface area contributed by atoms with Gasteiger partial charge in [-0.2, -0.15) is 5.10 Å². The minimum atomic E-state index is -1.05. The number of anilines is 1. The highest BCUT2D eigenvalue weighted by Gasteiger charge is 2.12. The Bertz CT molecular complexity index is 578. The third-order valence-corrected chi connectivity index (χ3v) is 2.38.